The first kappa shape index (κ1) is 14.9. The van der Waals surface area contributed by atoms with Gasteiger partial charge in [0.05, 0.1) is 0 Å². The molecule has 1 aromatic heterocycles. The first-order valence-electron chi connectivity index (χ1n) is 8.20. The Bertz CT molecular complexity index is 724. The number of carbonyl (C=O) groups is 1. The average molecular weight is 296 g/mol. The van der Waals surface area contributed by atoms with Gasteiger partial charge in [-0.05, 0) is 63.6 Å². The van der Waals surface area contributed by atoms with Gasteiger partial charge in [-0.2, -0.15) is 0 Å². The SMILES string of the molecule is Cc1ccc2[nH]c(C(=O)NCCC3=CCCCC3)c(C)c2c1. The zero-order chi connectivity index (χ0) is 15.5. The summed E-state index contributed by atoms with van der Waals surface area (Å²) in [6, 6.07) is 6.24. The van der Waals surface area contributed by atoms with E-state index in [9.17, 15) is 4.79 Å². The van der Waals surface area contributed by atoms with Gasteiger partial charge in [-0.1, -0.05) is 23.3 Å². The van der Waals surface area contributed by atoms with Gasteiger partial charge in [0, 0.05) is 17.4 Å². The Morgan fingerprint density at radius 1 is 1.27 bits per heavy atom. The van der Waals surface area contributed by atoms with Gasteiger partial charge >= 0.3 is 0 Å². The number of benzene rings is 1. The van der Waals surface area contributed by atoms with Crippen LogP contribution in [0.25, 0.3) is 10.9 Å². The normalized spacial score (nSPS) is 14.9. The lowest BCUT2D eigenvalue weighted by atomic mass is 9.97. The third-order valence-corrected chi connectivity index (χ3v) is 4.56. The summed E-state index contributed by atoms with van der Waals surface area (Å²) in [4.78, 5) is 15.7. The minimum atomic E-state index is 0.00256. The van der Waals surface area contributed by atoms with E-state index in [4.69, 9.17) is 0 Å². The van der Waals surface area contributed by atoms with Crippen molar-refractivity contribution < 1.29 is 4.79 Å². The monoisotopic (exact) mass is 296 g/mol. The van der Waals surface area contributed by atoms with E-state index in [-0.39, 0.29) is 5.91 Å². The molecule has 0 spiro atoms. The van der Waals surface area contributed by atoms with Crippen LogP contribution in [-0.4, -0.2) is 17.4 Å². The van der Waals surface area contributed by atoms with E-state index < -0.39 is 0 Å². The molecule has 0 fully saturated rings. The molecule has 0 aliphatic heterocycles. The number of aromatic nitrogens is 1. The summed E-state index contributed by atoms with van der Waals surface area (Å²) < 4.78 is 0. The number of amides is 1. The maximum Gasteiger partial charge on any atom is 0.268 e. The quantitative estimate of drug-likeness (QED) is 0.807. The Morgan fingerprint density at radius 3 is 2.91 bits per heavy atom. The molecule has 3 nitrogen and oxygen atoms in total. The van der Waals surface area contributed by atoms with Crippen molar-refractivity contribution >= 4 is 16.8 Å². The molecule has 3 rings (SSSR count). The largest absolute Gasteiger partial charge is 0.350 e. The molecular weight excluding hydrogens is 272 g/mol. The van der Waals surface area contributed by atoms with Gasteiger partial charge in [-0.15, -0.1) is 0 Å². The summed E-state index contributed by atoms with van der Waals surface area (Å²) in [6.07, 6.45) is 8.31. The highest BCUT2D eigenvalue weighted by atomic mass is 16.1. The molecular formula is C19H24N2O. The standard InChI is InChI=1S/C19H24N2O/c1-13-8-9-17-16(12-13)14(2)18(21-17)19(22)20-11-10-15-6-4-3-5-7-15/h6,8-9,12,21H,3-5,7,10-11H2,1-2H3,(H,20,22). The highest BCUT2D eigenvalue weighted by Crippen LogP contribution is 2.23. The van der Waals surface area contributed by atoms with E-state index in [0.717, 1.165) is 29.4 Å². The molecule has 1 aliphatic carbocycles. The zero-order valence-electron chi connectivity index (χ0n) is 13.5. The third-order valence-electron chi connectivity index (χ3n) is 4.56. The second-order valence-electron chi connectivity index (χ2n) is 6.29. The number of hydrogen-bond acceptors (Lipinski definition) is 1. The van der Waals surface area contributed by atoms with Crippen molar-refractivity contribution in [1.82, 2.24) is 10.3 Å². The molecule has 1 heterocycles. The predicted molar refractivity (Wildman–Crippen MR) is 91.3 cm³/mol. The Labute approximate surface area is 131 Å². The first-order valence-corrected chi connectivity index (χ1v) is 8.20. The number of hydrogen-bond donors (Lipinski definition) is 2. The van der Waals surface area contributed by atoms with E-state index in [1.807, 2.05) is 13.0 Å². The van der Waals surface area contributed by atoms with Crippen LogP contribution in [0, 0.1) is 13.8 Å². The lowest BCUT2D eigenvalue weighted by molar-refractivity contribution is 0.0949. The molecule has 0 bridgehead atoms. The zero-order valence-corrected chi connectivity index (χ0v) is 13.5. The van der Waals surface area contributed by atoms with E-state index in [0.29, 0.717) is 5.69 Å². The topological polar surface area (TPSA) is 44.9 Å². The van der Waals surface area contributed by atoms with Gasteiger partial charge in [0.2, 0.25) is 0 Å². The highest BCUT2D eigenvalue weighted by molar-refractivity contribution is 6.01. The molecule has 3 heteroatoms. The van der Waals surface area contributed by atoms with Crippen LogP contribution >= 0.6 is 0 Å². The lowest BCUT2D eigenvalue weighted by Crippen LogP contribution is -2.25. The first-order chi connectivity index (χ1) is 10.6. The minimum Gasteiger partial charge on any atom is -0.350 e. The third kappa shape index (κ3) is 3.08. The van der Waals surface area contributed by atoms with Crippen molar-refractivity contribution in [3.05, 3.63) is 46.7 Å². The summed E-state index contributed by atoms with van der Waals surface area (Å²) in [5, 5.41) is 4.19. The van der Waals surface area contributed by atoms with Gasteiger partial charge in [-0.3, -0.25) is 4.79 Å². The fraction of sp³-hybridized carbons (Fsp3) is 0.421. The molecule has 1 amide bonds. The van der Waals surface area contributed by atoms with Crippen molar-refractivity contribution in [3.8, 4) is 0 Å². The van der Waals surface area contributed by atoms with Crippen LogP contribution < -0.4 is 5.32 Å². The predicted octanol–water partition coefficient (Wildman–Crippen LogP) is 4.41. The van der Waals surface area contributed by atoms with Gasteiger partial charge in [0.15, 0.2) is 0 Å². The number of rotatable bonds is 4. The molecule has 0 saturated heterocycles. The fourth-order valence-corrected chi connectivity index (χ4v) is 3.22. The Kier molecular flexibility index (Phi) is 4.32. The smallest absolute Gasteiger partial charge is 0.268 e. The van der Waals surface area contributed by atoms with E-state index >= 15 is 0 Å². The van der Waals surface area contributed by atoms with Crippen LogP contribution in [0.1, 0.15) is 53.7 Å². The van der Waals surface area contributed by atoms with Crippen LogP contribution in [-0.2, 0) is 0 Å². The summed E-state index contributed by atoms with van der Waals surface area (Å²) in [7, 11) is 0. The molecule has 0 atom stereocenters. The lowest BCUT2D eigenvalue weighted by Gasteiger charge is -2.12. The van der Waals surface area contributed by atoms with E-state index in [2.05, 4.69) is 35.4 Å². The molecule has 22 heavy (non-hydrogen) atoms. The Hall–Kier alpha value is -2.03. The molecule has 2 aromatic rings. The number of allylic oxidation sites excluding steroid dienone is 1. The summed E-state index contributed by atoms with van der Waals surface area (Å²) in [5.74, 6) is 0.00256. The number of aromatic amines is 1. The van der Waals surface area contributed by atoms with Gasteiger partial charge in [0.25, 0.3) is 5.91 Å². The number of aryl methyl sites for hydroxylation is 2. The molecule has 2 N–H and O–H groups in total. The number of carbonyl (C=O) groups excluding carboxylic acids is 1. The van der Waals surface area contributed by atoms with Crippen molar-refractivity contribution in [1.29, 1.82) is 0 Å². The van der Waals surface area contributed by atoms with Crippen molar-refractivity contribution in [2.45, 2.75) is 46.0 Å². The van der Waals surface area contributed by atoms with E-state index in [1.165, 1.54) is 36.8 Å². The molecule has 116 valence electrons. The van der Waals surface area contributed by atoms with Crippen LogP contribution in [0.5, 0.6) is 0 Å². The Morgan fingerprint density at radius 2 is 2.14 bits per heavy atom. The van der Waals surface area contributed by atoms with E-state index in [1.54, 1.807) is 0 Å². The summed E-state index contributed by atoms with van der Waals surface area (Å²) in [5.41, 5.74) is 5.47. The van der Waals surface area contributed by atoms with Crippen LogP contribution in [0.4, 0.5) is 0 Å². The number of nitrogens with one attached hydrogen (secondary N) is 2. The number of fused-ring (bicyclic) bond motifs is 1. The highest BCUT2D eigenvalue weighted by Gasteiger charge is 2.14. The molecule has 1 aliphatic rings. The second-order valence-corrected chi connectivity index (χ2v) is 6.29. The summed E-state index contributed by atoms with van der Waals surface area (Å²) in [6.45, 7) is 4.80. The van der Waals surface area contributed by atoms with Crippen molar-refractivity contribution in [2.75, 3.05) is 6.54 Å². The van der Waals surface area contributed by atoms with Gasteiger partial charge in [0.1, 0.15) is 5.69 Å². The molecule has 1 aromatic carbocycles. The molecule has 0 radical (unpaired) electrons. The molecule has 0 unspecified atom stereocenters. The Balaban J connectivity index is 1.67. The van der Waals surface area contributed by atoms with Crippen LogP contribution in [0.15, 0.2) is 29.8 Å². The second kappa shape index (κ2) is 6.39. The number of H-pyrrole nitrogens is 1. The summed E-state index contributed by atoms with van der Waals surface area (Å²) >= 11 is 0. The van der Waals surface area contributed by atoms with Gasteiger partial charge < -0.3 is 10.3 Å². The maximum absolute atomic E-state index is 12.4. The van der Waals surface area contributed by atoms with Crippen LogP contribution in [0.3, 0.4) is 0 Å². The average Bonchev–Trinajstić information content (AvgIpc) is 2.85. The van der Waals surface area contributed by atoms with Crippen LogP contribution in [0.2, 0.25) is 0 Å². The van der Waals surface area contributed by atoms with Gasteiger partial charge in [-0.25, -0.2) is 0 Å². The fourth-order valence-electron chi connectivity index (χ4n) is 3.22. The molecule has 0 saturated carbocycles. The van der Waals surface area contributed by atoms with Crippen molar-refractivity contribution in [2.24, 2.45) is 0 Å². The van der Waals surface area contributed by atoms with Crippen molar-refractivity contribution in [3.63, 3.8) is 0 Å². The maximum atomic E-state index is 12.4. The minimum absolute atomic E-state index is 0.00256.